The van der Waals surface area contributed by atoms with E-state index in [0.717, 1.165) is 26.7 Å². The number of nitrogens with zero attached hydrogens (tertiary/aromatic N) is 2. The summed E-state index contributed by atoms with van der Waals surface area (Å²) in [6.45, 7) is 6.06. The van der Waals surface area contributed by atoms with Gasteiger partial charge in [0.1, 0.15) is 5.56 Å². The van der Waals surface area contributed by atoms with E-state index < -0.39 is 40.5 Å². The monoisotopic (exact) mass is 504 g/mol. The molecule has 2 aromatic carbocycles. The molecule has 1 aliphatic heterocycles. The molecule has 1 fully saturated rings. The summed E-state index contributed by atoms with van der Waals surface area (Å²) >= 11 is 11.5. The summed E-state index contributed by atoms with van der Waals surface area (Å²) in [5, 5.41) is 4.91. The molecular weight excluding hydrogens is 484 g/mol. The van der Waals surface area contributed by atoms with Gasteiger partial charge in [-0.2, -0.15) is 8.78 Å². The number of likely N-dealkylation sites (N-methyl/N-ethyl adjacent to an activating group) is 1. The van der Waals surface area contributed by atoms with Gasteiger partial charge in [-0.05, 0) is 30.9 Å². The molecule has 0 aliphatic carbocycles. The van der Waals surface area contributed by atoms with Crippen molar-refractivity contribution in [1.82, 2.24) is 10.2 Å². The van der Waals surface area contributed by atoms with Crippen LogP contribution in [0.4, 0.5) is 28.9 Å². The normalized spacial score (nSPS) is 14.2. The number of amides is 1. The predicted octanol–water partition coefficient (Wildman–Crippen LogP) is 4.17. The molecule has 0 unspecified atom stereocenters. The Hall–Kier alpha value is -2.63. The van der Waals surface area contributed by atoms with Crippen LogP contribution in [-0.4, -0.2) is 55.8 Å². The fourth-order valence-electron chi connectivity index (χ4n) is 3.53. The number of benzene rings is 2. The lowest BCUT2D eigenvalue weighted by Crippen LogP contribution is -2.46. The summed E-state index contributed by atoms with van der Waals surface area (Å²) < 4.78 is 60.6. The van der Waals surface area contributed by atoms with E-state index in [2.05, 4.69) is 26.8 Å². The zero-order valence-corrected chi connectivity index (χ0v) is 19.3. The number of methoxy groups -OCH3 is 1. The number of piperazine rings is 1. The number of nitrogens with one attached hydrogen (secondary N) is 2. The number of rotatable bonds is 5. The highest BCUT2D eigenvalue weighted by Crippen LogP contribution is 2.35. The van der Waals surface area contributed by atoms with Gasteiger partial charge in [-0.1, -0.05) is 24.6 Å². The van der Waals surface area contributed by atoms with Gasteiger partial charge < -0.3 is 19.9 Å². The average molecular weight is 505 g/mol. The van der Waals surface area contributed by atoms with E-state index in [1.54, 1.807) is 18.2 Å². The molecule has 2 N–H and O–H groups in total. The van der Waals surface area contributed by atoms with Crippen molar-refractivity contribution in [3.05, 3.63) is 52.1 Å². The third-order valence-electron chi connectivity index (χ3n) is 5.25. The predicted molar refractivity (Wildman–Crippen MR) is 122 cm³/mol. The number of hydrogen-bond acceptors (Lipinski definition) is 5. The van der Waals surface area contributed by atoms with Gasteiger partial charge in [0, 0.05) is 26.2 Å². The maximum atomic E-state index is 14.2. The summed E-state index contributed by atoms with van der Waals surface area (Å²) in [7, 11) is 0.837. The second-order valence-corrected chi connectivity index (χ2v) is 7.95. The Kier molecular flexibility index (Phi) is 7.98. The molecule has 6 nitrogen and oxygen atoms in total. The SMILES string of the molecule is CCN1CCN(c2c(Cl)cccc2NC(=S)NC(=O)c2c(F)c(F)c(OC)c(F)c2F)CC1. The number of thiocarbonyl (C=S) groups is 1. The Bertz CT molecular complexity index is 1050. The maximum absolute atomic E-state index is 14.2. The minimum atomic E-state index is -1.90. The summed E-state index contributed by atoms with van der Waals surface area (Å²) in [6, 6.07) is 5.03. The van der Waals surface area contributed by atoms with Gasteiger partial charge >= 0.3 is 0 Å². The van der Waals surface area contributed by atoms with Crippen LogP contribution < -0.4 is 20.3 Å². The Morgan fingerprint density at radius 1 is 1.09 bits per heavy atom. The molecule has 178 valence electrons. The van der Waals surface area contributed by atoms with Crippen LogP contribution in [0.3, 0.4) is 0 Å². The average Bonchev–Trinajstić information content (AvgIpc) is 2.78. The second kappa shape index (κ2) is 10.5. The molecule has 1 heterocycles. The van der Waals surface area contributed by atoms with Crippen LogP contribution in [0, 0.1) is 23.3 Å². The third kappa shape index (κ3) is 5.15. The van der Waals surface area contributed by atoms with Gasteiger partial charge in [0.15, 0.2) is 22.5 Å². The van der Waals surface area contributed by atoms with E-state index in [1.165, 1.54) is 0 Å². The minimum Gasteiger partial charge on any atom is -0.491 e. The number of ether oxygens (including phenoxy) is 1. The quantitative estimate of drug-likeness (QED) is 0.362. The smallest absolute Gasteiger partial charge is 0.263 e. The van der Waals surface area contributed by atoms with Gasteiger partial charge in [-0.15, -0.1) is 0 Å². The Balaban J connectivity index is 1.80. The van der Waals surface area contributed by atoms with Crippen LogP contribution in [0.15, 0.2) is 18.2 Å². The highest BCUT2D eigenvalue weighted by Gasteiger charge is 2.30. The summed E-state index contributed by atoms with van der Waals surface area (Å²) in [5.74, 6) is -10.2. The number of hydrogen-bond donors (Lipinski definition) is 2. The molecule has 0 spiro atoms. The van der Waals surface area contributed by atoms with E-state index in [9.17, 15) is 22.4 Å². The Morgan fingerprint density at radius 2 is 1.70 bits per heavy atom. The van der Waals surface area contributed by atoms with Gasteiger partial charge in [0.05, 0.1) is 23.5 Å². The molecule has 1 amide bonds. The van der Waals surface area contributed by atoms with Gasteiger partial charge in [-0.25, -0.2) is 8.78 Å². The van der Waals surface area contributed by atoms with Gasteiger partial charge in [0.2, 0.25) is 11.6 Å². The molecule has 0 saturated carbocycles. The third-order valence-corrected chi connectivity index (χ3v) is 5.76. The highest BCUT2D eigenvalue weighted by atomic mass is 35.5. The molecule has 0 atom stereocenters. The molecule has 3 rings (SSSR count). The first-order valence-electron chi connectivity index (χ1n) is 9.97. The molecule has 12 heteroatoms. The van der Waals surface area contributed by atoms with Crippen molar-refractivity contribution in [2.45, 2.75) is 6.92 Å². The van der Waals surface area contributed by atoms with Crippen molar-refractivity contribution in [3.63, 3.8) is 0 Å². The molecule has 0 radical (unpaired) electrons. The van der Waals surface area contributed by atoms with Crippen molar-refractivity contribution in [2.24, 2.45) is 0 Å². The topological polar surface area (TPSA) is 56.8 Å². The number of carbonyl (C=O) groups is 1. The molecular formula is C21H21ClF4N4O2S. The number of carbonyl (C=O) groups excluding carboxylic acids is 1. The lowest BCUT2D eigenvalue weighted by atomic mass is 10.1. The van der Waals surface area contributed by atoms with Gasteiger partial charge in [-0.3, -0.25) is 10.1 Å². The minimum absolute atomic E-state index is 0.342. The van der Waals surface area contributed by atoms with Crippen molar-refractivity contribution in [2.75, 3.05) is 50.1 Å². The second-order valence-electron chi connectivity index (χ2n) is 7.13. The molecule has 0 aromatic heterocycles. The van der Waals surface area contributed by atoms with Crippen LogP contribution in [0.25, 0.3) is 0 Å². The first-order chi connectivity index (χ1) is 15.7. The van der Waals surface area contributed by atoms with E-state index >= 15 is 0 Å². The van der Waals surface area contributed by atoms with E-state index in [0.29, 0.717) is 29.5 Å². The van der Waals surface area contributed by atoms with Gasteiger partial charge in [0.25, 0.3) is 5.91 Å². The fourth-order valence-corrected chi connectivity index (χ4v) is 4.03. The van der Waals surface area contributed by atoms with Crippen molar-refractivity contribution in [3.8, 4) is 5.75 Å². The highest BCUT2D eigenvalue weighted by molar-refractivity contribution is 7.80. The van der Waals surface area contributed by atoms with Crippen molar-refractivity contribution < 1.29 is 27.1 Å². The number of halogens is 5. The molecule has 0 bridgehead atoms. The van der Waals surface area contributed by atoms with Crippen LogP contribution in [-0.2, 0) is 0 Å². The number of para-hydroxylation sites is 1. The van der Waals surface area contributed by atoms with E-state index in [4.69, 9.17) is 23.8 Å². The van der Waals surface area contributed by atoms with Crippen LogP contribution in [0.2, 0.25) is 5.02 Å². The summed E-state index contributed by atoms with van der Waals surface area (Å²) in [6.07, 6.45) is 0. The fraction of sp³-hybridized carbons (Fsp3) is 0.333. The largest absolute Gasteiger partial charge is 0.491 e. The molecule has 1 aliphatic rings. The summed E-state index contributed by atoms with van der Waals surface area (Å²) in [4.78, 5) is 16.7. The zero-order chi connectivity index (χ0) is 24.3. The van der Waals surface area contributed by atoms with Crippen LogP contribution >= 0.6 is 23.8 Å². The Labute approximate surface area is 198 Å². The summed E-state index contributed by atoms with van der Waals surface area (Å²) in [5.41, 5.74) is -0.367. The maximum Gasteiger partial charge on any atom is 0.263 e. The van der Waals surface area contributed by atoms with Crippen LogP contribution in [0.5, 0.6) is 5.75 Å². The lowest BCUT2D eigenvalue weighted by Gasteiger charge is -2.37. The van der Waals surface area contributed by atoms with E-state index in [-0.39, 0.29) is 5.11 Å². The van der Waals surface area contributed by atoms with Crippen LogP contribution in [0.1, 0.15) is 17.3 Å². The first kappa shape index (κ1) is 25.0. The molecule has 2 aromatic rings. The lowest BCUT2D eigenvalue weighted by molar-refractivity contribution is 0.0966. The zero-order valence-electron chi connectivity index (χ0n) is 17.8. The van der Waals surface area contributed by atoms with Crippen molar-refractivity contribution >= 4 is 46.2 Å². The molecule has 1 saturated heterocycles. The molecule has 33 heavy (non-hydrogen) atoms. The number of anilines is 2. The standard InChI is InChI=1S/C21H21ClF4N4O2S/c1-3-29-7-9-30(10-8-29)18-11(22)5-4-6-12(18)27-21(33)28-20(31)13-14(23)16(25)19(32-2)17(26)15(13)24/h4-6H,3,7-10H2,1-2H3,(H2,27,28,31,33). The van der Waals surface area contributed by atoms with E-state index in [1.807, 2.05) is 5.32 Å². The first-order valence-corrected chi connectivity index (χ1v) is 10.8. The Morgan fingerprint density at radius 3 is 2.24 bits per heavy atom. The van der Waals surface area contributed by atoms with Crippen molar-refractivity contribution in [1.29, 1.82) is 0 Å².